The van der Waals surface area contributed by atoms with Crippen LogP contribution in [0.2, 0.25) is 0 Å². The van der Waals surface area contributed by atoms with E-state index in [-0.39, 0.29) is 16.2 Å². The number of aromatic nitrogens is 3. The number of hydrogen-bond donors (Lipinski definition) is 1. The minimum absolute atomic E-state index is 0.0221. The van der Waals surface area contributed by atoms with Gasteiger partial charge in [0.15, 0.2) is 5.16 Å². The molecule has 0 atom stereocenters. The highest BCUT2D eigenvalue weighted by atomic mass is 32.2. The fraction of sp³-hybridized carbons (Fsp3) is 0.238. The van der Waals surface area contributed by atoms with Crippen LogP contribution in [0.1, 0.15) is 21.7 Å². The third-order valence-corrected chi connectivity index (χ3v) is 7.36. The largest absolute Gasteiger partial charge is 0.302 e. The van der Waals surface area contributed by atoms with E-state index in [1.54, 1.807) is 0 Å². The summed E-state index contributed by atoms with van der Waals surface area (Å²) < 4.78 is 27.2. The second kappa shape index (κ2) is 10.1. The average molecular weight is 474 g/mol. The Morgan fingerprint density at radius 3 is 2.31 bits per heavy atom. The summed E-state index contributed by atoms with van der Waals surface area (Å²) in [6.07, 6.45) is 0. The van der Waals surface area contributed by atoms with E-state index >= 15 is 0 Å². The molecule has 0 saturated carbocycles. The fourth-order valence-corrected chi connectivity index (χ4v) is 4.46. The molecule has 3 aromatic rings. The first-order chi connectivity index (χ1) is 15.2. The molecule has 0 spiro atoms. The molecule has 2 amide bonds. The maximum absolute atomic E-state index is 12.3. The maximum Gasteiger partial charge on any atom is 0.257 e. The monoisotopic (exact) mass is 473 g/mol. The van der Waals surface area contributed by atoms with Gasteiger partial charge in [0.2, 0.25) is 15.9 Å². The molecule has 0 aliphatic heterocycles. The molecule has 32 heavy (non-hydrogen) atoms. The topological polar surface area (TPSA) is 114 Å². The van der Waals surface area contributed by atoms with Crippen molar-refractivity contribution in [3.8, 4) is 0 Å². The Labute approximate surface area is 190 Å². The molecule has 0 radical (unpaired) electrons. The van der Waals surface area contributed by atoms with Crippen molar-refractivity contribution < 1.29 is 18.0 Å². The number of benzene rings is 2. The van der Waals surface area contributed by atoms with Crippen molar-refractivity contribution in [3.63, 3.8) is 0 Å². The van der Waals surface area contributed by atoms with Crippen molar-refractivity contribution in [1.82, 2.24) is 24.4 Å². The van der Waals surface area contributed by atoms with Crippen molar-refractivity contribution in [1.29, 1.82) is 0 Å². The number of carbonyl (C=O) groups is 2. The summed E-state index contributed by atoms with van der Waals surface area (Å²) >= 11 is 1.18. The molecule has 0 bridgehead atoms. The van der Waals surface area contributed by atoms with Crippen molar-refractivity contribution in [3.05, 3.63) is 71.5 Å². The lowest BCUT2D eigenvalue weighted by molar-refractivity contribution is -0.117. The average Bonchev–Trinajstić information content (AvgIpc) is 3.12. The number of rotatable bonds is 8. The van der Waals surface area contributed by atoms with Crippen LogP contribution in [-0.2, 0) is 21.4 Å². The molecule has 3 rings (SSSR count). The van der Waals surface area contributed by atoms with Crippen LogP contribution >= 0.6 is 11.8 Å². The van der Waals surface area contributed by atoms with Crippen LogP contribution in [-0.4, -0.2) is 59.2 Å². The molecule has 0 saturated heterocycles. The van der Waals surface area contributed by atoms with Gasteiger partial charge >= 0.3 is 0 Å². The summed E-state index contributed by atoms with van der Waals surface area (Å²) in [7, 11) is -0.740. The zero-order valence-electron chi connectivity index (χ0n) is 17.8. The van der Waals surface area contributed by atoms with Gasteiger partial charge in [0.1, 0.15) is 5.82 Å². The molecule has 0 aliphatic rings. The summed E-state index contributed by atoms with van der Waals surface area (Å²) in [6.45, 7) is 2.41. The van der Waals surface area contributed by atoms with Crippen LogP contribution in [0.4, 0.5) is 0 Å². The van der Waals surface area contributed by atoms with Crippen LogP contribution < -0.4 is 5.32 Å². The third-order valence-electron chi connectivity index (χ3n) is 4.57. The number of imide groups is 1. The van der Waals surface area contributed by atoms with Gasteiger partial charge in [-0.05, 0) is 36.8 Å². The van der Waals surface area contributed by atoms with E-state index in [1.165, 1.54) is 50.1 Å². The maximum atomic E-state index is 12.3. The van der Waals surface area contributed by atoms with E-state index in [9.17, 15) is 18.0 Å². The Balaban J connectivity index is 1.59. The molecule has 1 N–H and O–H groups in total. The summed E-state index contributed by atoms with van der Waals surface area (Å²) in [6, 6.07) is 15.2. The molecule has 168 valence electrons. The zero-order chi connectivity index (χ0) is 23.3. The smallest absolute Gasteiger partial charge is 0.257 e. The first-order valence-electron chi connectivity index (χ1n) is 9.62. The van der Waals surface area contributed by atoms with E-state index in [0.29, 0.717) is 11.7 Å². The molecule has 0 aliphatic carbocycles. The predicted octanol–water partition coefficient (Wildman–Crippen LogP) is 1.93. The molecular formula is C21H23N5O4S2. The zero-order valence-corrected chi connectivity index (χ0v) is 19.5. The van der Waals surface area contributed by atoms with Gasteiger partial charge in [0.25, 0.3) is 5.91 Å². The third kappa shape index (κ3) is 5.61. The van der Waals surface area contributed by atoms with E-state index in [1.807, 2.05) is 41.8 Å². The Morgan fingerprint density at radius 2 is 1.69 bits per heavy atom. The number of amides is 2. The molecule has 11 heteroatoms. The summed E-state index contributed by atoms with van der Waals surface area (Å²) in [5, 5.41) is 11.1. The summed E-state index contributed by atoms with van der Waals surface area (Å²) in [5.74, 6) is -0.394. The van der Waals surface area contributed by atoms with Crippen LogP contribution in [0.3, 0.4) is 0 Å². The Kier molecular flexibility index (Phi) is 7.44. The normalized spacial score (nSPS) is 11.5. The van der Waals surface area contributed by atoms with Crippen LogP contribution in [0.15, 0.2) is 64.6 Å². The number of nitrogens with zero attached hydrogens (tertiary/aromatic N) is 4. The van der Waals surface area contributed by atoms with Crippen LogP contribution in [0.25, 0.3) is 0 Å². The van der Waals surface area contributed by atoms with E-state index in [2.05, 4.69) is 15.5 Å². The number of aryl methyl sites for hydroxylation is 1. The van der Waals surface area contributed by atoms with Gasteiger partial charge in [0, 0.05) is 19.7 Å². The minimum Gasteiger partial charge on any atom is -0.302 e. The highest BCUT2D eigenvalue weighted by molar-refractivity contribution is 7.99. The molecular weight excluding hydrogens is 450 g/mol. The van der Waals surface area contributed by atoms with Gasteiger partial charge in [-0.3, -0.25) is 14.9 Å². The lowest BCUT2D eigenvalue weighted by Gasteiger charge is -2.11. The highest BCUT2D eigenvalue weighted by Gasteiger charge is 2.19. The summed E-state index contributed by atoms with van der Waals surface area (Å²) in [4.78, 5) is 24.7. The molecule has 2 aromatic carbocycles. The molecule has 9 nitrogen and oxygen atoms in total. The Hall–Kier alpha value is -3.02. The van der Waals surface area contributed by atoms with Gasteiger partial charge in [-0.2, -0.15) is 0 Å². The lowest BCUT2D eigenvalue weighted by Crippen LogP contribution is -2.32. The summed E-state index contributed by atoms with van der Waals surface area (Å²) in [5.41, 5.74) is 1.26. The van der Waals surface area contributed by atoms with Gasteiger partial charge in [-0.15, -0.1) is 10.2 Å². The number of hydrogen-bond acceptors (Lipinski definition) is 7. The fourth-order valence-electron chi connectivity index (χ4n) is 2.77. The van der Waals surface area contributed by atoms with Crippen molar-refractivity contribution in [2.75, 3.05) is 19.8 Å². The molecule has 0 unspecified atom stereocenters. The Bertz CT molecular complexity index is 1210. The lowest BCUT2D eigenvalue weighted by atomic mass is 10.2. The number of thioether (sulfide) groups is 1. The predicted molar refractivity (Wildman–Crippen MR) is 121 cm³/mol. The van der Waals surface area contributed by atoms with Crippen molar-refractivity contribution >= 4 is 33.6 Å². The molecule has 0 fully saturated rings. The SMILES string of the molecule is Cc1nnc(SCC(=O)NC(=O)c2ccc(S(=O)(=O)N(C)C)cc2)n1Cc1ccccc1. The molecule has 1 aromatic heterocycles. The second-order valence-corrected chi connectivity index (χ2v) is 10.2. The Morgan fingerprint density at radius 1 is 1.03 bits per heavy atom. The standard InChI is InChI=1S/C21H23N5O4S2/c1-15-23-24-21(26(15)13-16-7-5-4-6-8-16)31-14-19(27)22-20(28)17-9-11-18(12-10-17)32(29,30)25(2)3/h4-12H,13-14H2,1-3H3,(H,22,27,28). The van der Waals surface area contributed by atoms with Gasteiger partial charge in [0.05, 0.1) is 17.2 Å². The van der Waals surface area contributed by atoms with E-state index < -0.39 is 21.8 Å². The number of sulfonamides is 1. The molecule has 1 heterocycles. The number of nitrogens with one attached hydrogen (secondary N) is 1. The van der Waals surface area contributed by atoms with E-state index in [0.717, 1.165) is 15.7 Å². The first kappa shape index (κ1) is 23.6. The number of carbonyl (C=O) groups excluding carboxylic acids is 2. The van der Waals surface area contributed by atoms with Gasteiger partial charge in [-0.1, -0.05) is 42.1 Å². The van der Waals surface area contributed by atoms with Crippen molar-refractivity contribution in [2.45, 2.75) is 23.5 Å². The van der Waals surface area contributed by atoms with Crippen LogP contribution in [0.5, 0.6) is 0 Å². The van der Waals surface area contributed by atoms with Gasteiger partial charge in [-0.25, -0.2) is 12.7 Å². The first-order valence-corrected chi connectivity index (χ1v) is 12.0. The van der Waals surface area contributed by atoms with Crippen LogP contribution in [0, 0.1) is 6.92 Å². The quantitative estimate of drug-likeness (QED) is 0.497. The minimum atomic E-state index is -3.59. The van der Waals surface area contributed by atoms with Crippen molar-refractivity contribution in [2.24, 2.45) is 0 Å². The second-order valence-electron chi connectivity index (χ2n) is 7.08. The van der Waals surface area contributed by atoms with E-state index in [4.69, 9.17) is 0 Å². The van der Waals surface area contributed by atoms with Gasteiger partial charge < -0.3 is 4.57 Å². The highest BCUT2D eigenvalue weighted by Crippen LogP contribution is 2.18.